The molecule has 164 valence electrons. The molecule has 2 aliphatic heterocycles. The van der Waals surface area contributed by atoms with E-state index < -0.39 is 5.97 Å². The van der Waals surface area contributed by atoms with Crippen molar-refractivity contribution < 1.29 is 23.9 Å². The molecule has 0 bridgehead atoms. The number of carbonyl (C=O) groups excluding carboxylic acids is 3. The van der Waals surface area contributed by atoms with Gasteiger partial charge in [0.1, 0.15) is 12.3 Å². The summed E-state index contributed by atoms with van der Waals surface area (Å²) < 4.78 is 10.5. The van der Waals surface area contributed by atoms with E-state index >= 15 is 0 Å². The number of benzene rings is 2. The summed E-state index contributed by atoms with van der Waals surface area (Å²) in [5.74, 6) is -0.0415. The van der Waals surface area contributed by atoms with Crippen LogP contribution in [0.25, 0.3) is 10.9 Å². The van der Waals surface area contributed by atoms with Crippen LogP contribution in [0.15, 0.2) is 42.5 Å². The highest BCUT2D eigenvalue weighted by Crippen LogP contribution is 2.32. The lowest BCUT2D eigenvalue weighted by Crippen LogP contribution is -2.44. The topological polar surface area (TPSA) is 91.9 Å². The molecule has 5 rings (SSSR count). The highest BCUT2D eigenvalue weighted by atomic mass is 16.5. The van der Waals surface area contributed by atoms with E-state index in [2.05, 4.69) is 4.98 Å². The lowest BCUT2D eigenvalue weighted by Gasteiger charge is -2.30. The first kappa shape index (κ1) is 20.1. The van der Waals surface area contributed by atoms with Gasteiger partial charge < -0.3 is 19.4 Å². The van der Waals surface area contributed by atoms with Crippen LogP contribution in [0, 0.1) is 0 Å². The Balaban J connectivity index is 1.40. The predicted octanol–water partition coefficient (Wildman–Crippen LogP) is 2.65. The van der Waals surface area contributed by atoms with Crippen molar-refractivity contribution in [2.24, 2.45) is 0 Å². The Morgan fingerprint density at radius 1 is 1.16 bits per heavy atom. The number of carbonyl (C=O) groups is 3. The lowest BCUT2D eigenvalue weighted by atomic mass is 10.0. The zero-order valence-electron chi connectivity index (χ0n) is 17.7. The SMILES string of the molecule is COC(=O)c1ccc2[nH]c3c(c2c1)CN(C(=O)CN1C(=O)CCOc2ccccc21)CC3. The number of H-pyrrole nitrogens is 1. The molecule has 0 saturated heterocycles. The van der Waals surface area contributed by atoms with Crippen LogP contribution >= 0.6 is 0 Å². The minimum absolute atomic E-state index is 0.0374. The number of rotatable bonds is 3. The first-order chi connectivity index (χ1) is 15.5. The number of ether oxygens (including phenoxy) is 2. The second-order valence-corrected chi connectivity index (χ2v) is 7.95. The standard InChI is InChI=1S/C24H23N3O5/c1-31-24(30)15-6-7-18-16(12-15)17-13-26(10-8-19(17)25-18)23(29)14-27-20-4-2-3-5-21(20)32-11-9-22(27)28/h2-7,12,25H,8-11,13-14H2,1H3. The van der Waals surface area contributed by atoms with E-state index in [1.54, 1.807) is 23.1 Å². The van der Waals surface area contributed by atoms with Gasteiger partial charge in [0.25, 0.3) is 0 Å². The van der Waals surface area contributed by atoms with Gasteiger partial charge in [-0.25, -0.2) is 4.79 Å². The summed E-state index contributed by atoms with van der Waals surface area (Å²) >= 11 is 0. The number of esters is 1. The van der Waals surface area contributed by atoms with Crippen molar-refractivity contribution in [1.82, 2.24) is 9.88 Å². The molecule has 0 radical (unpaired) electrons. The number of anilines is 1. The number of methoxy groups -OCH3 is 1. The number of para-hydroxylation sites is 2. The van der Waals surface area contributed by atoms with Gasteiger partial charge in [0.05, 0.1) is 31.4 Å². The number of nitrogens with one attached hydrogen (secondary N) is 1. The first-order valence-electron chi connectivity index (χ1n) is 10.6. The lowest BCUT2D eigenvalue weighted by molar-refractivity contribution is -0.132. The largest absolute Gasteiger partial charge is 0.491 e. The van der Waals surface area contributed by atoms with E-state index in [0.29, 0.717) is 43.1 Å². The predicted molar refractivity (Wildman–Crippen MR) is 118 cm³/mol. The summed E-state index contributed by atoms with van der Waals surface area (Å²) in [6, 6.07) is 12.7. The van der Waals surface area contributed by atoms with Gasteiger partial charge in [-0.05, 0) is 30.3 Å². The minimum atomic E-state index is -0.397. The Morgan fingerprint density at radius 2 is 2.00 bits per heavy atom. The van der Waals surface area contributed by atoms with Crippen LogP contribution in [0.5, 0.6) is 5.75 Å². The highest BCUT2D eigenvalue weighted by Gasteiger charge is 2.29. The summed E-state index contributed by atoms with van der Waals surface area (Å²) in [6.45, 7) is 1.23. The Hall–Kier alpha value is -3.81. The van der Waals surface area contributed by atoms with Crippen LogP contribution in [0.2, 0.25) is 0 Å². The van der Waals surface area contributed by atoms with E-state index in [-0.39, 0.29) is 24.8 Å². The fourth-order valence-corrected chi connectivity index (χ4v) is 4.40. The molecule has 1 N–H and O–H groups in total. The maximum Gasteiger partial charge on any atom is 0.337 e. The zero-order chi connectivity index (χ0) is 22.2. The van der Waals surface area contributed by atoms with Gasteiger partial charge >= 0.3 is 5.97 Å². The third-order valence-electron chi connectivity index (χ3n) is 6.07. The number of aromatic amines is 1. The van der Waals surface area contributed by atoms with Crippen LogP contribution in [-0.4, -0.2) is 54.5 Å². The minimum Gasteiger partial charge on any atom is -0.491 e. The Labute approximate surface area is 184 Å². The van der Waals surface area contributed by atoms with Gasteiger partial charge in [0.2, 0.25) is 11.8 Å². The van der Waals surface area contributed by atoms with E-state index in [4.69, 9.17) is 9.47 Å². The van der Waals surface area contributed by atoms with Crippen LogP contribution in [0.4, 0.5) is 5.69 Å². The number of amides is 2. The molecular formula is C24H23N3O5. The molecule has 2 amide bonds. The molecule has 0 aliphatic carbocycles. The Morgan fingerprint density at radius 3 is 2.84 bits per heavy atom. The van der Waals surface area contributed by atoms with Gasteiger partial charge in [0.15, 0.2) is 0 Å². The molecule has 3 heterocycles. The van der Waals surface area contributed by atoms with E-state index in [1.807, 2.05) is 24.3 Å². The van der Waals surface area contributed by atoms with Gasteiger partial charge in [0, 0.05) is 41.7 Å². The highest BCUT2D eigenvalue weighted by molar-refractivity contribution is 6.01. The Bertz CT molecular complexity index is 1230. The van der Waals surface area contributed by atoms with Gasteiger partial charge in [-0.15, -0.1) is 0 Å². The number of hydrogen-bond donors (Lipinski definition) is 1. The summed E-state index contributed by atoms with van der Waals surface area (Å²) in [5.41, 5.74) is 4.07. The fourth-order valence-electron chi connectivity index (χ4n) is 4.40. The number of nitrogens with zero attached hydrogens (tertiary/aromatic N) is 2. The van der Waals surface area contributed by atoms with Crippen LogP contribution in [0.3, 0.4) is 0 Å². The van der Waals surface area contributed by atoms with E-state index in [9.17, 15) is 14.4 Å². The number of aromatic nitrogens is 1. The van der Waals surface area contributed by atoms with Gasteiger partial charge in [-0.3, -0.25) is 14.5 Å². The molecule has 2 aromatic carbocycles. The first-order valence-corrected chi connectivity index (χ1v) is 10.6. The number of fused-ring (bicyclic) bond motifs is 4. The summed E-state index contributed by atoms with van der Waals surface area (Å²) in [5, 5.41) is 0.907. The van der Waals surface area contributed by atoms with E-state index in [1.165, 1.54) is 12.0 Å². The quantitative estimate of drug-likeness (QED) is 0.641. The van der Waals surface area contributed by atoms with Crippen molar-refractivity contribution in [3.8, 4) is 5.75 Å². The molecule has 1 aromatic heterocycles. The zero-order valence-corrected chi connectivity index (χ0v) is 17.7. The Kier molecular flexibility index (Phi) is 5.05. The summed E-state index contributed by atoms with van der Waals surface area (Å²) in [7, 11) is 1.35. The molecule has 0 saturated carbocycles. The van der Waals surface area contributed by atoms with Crippen molar-refractivity contribution in [3.05, 3.63) is 59.3 Å². The average molecular weight is 433 g/mol. The molecule has 8 nitrogen and oxygen atoms in total. The maximum absolute atomic E-state index is 13.2. The molecule has 2 aliphatic rings. The molecule has 32 heavy (non-hydrogen) atoms. The molecule has 0 spiro atoms. The molecule has 8 heteroatoms. The molecule has 0 atom stereocenters. The van der Waals surface area contributed by atoms with Crippen molar-refractivity contribution in [1.29, 1.82) is 0 Å². The second-order valence-electron chi connectivity index (χ2n) is 7.95. The van der Waals surface area contributed by atoms with E-state index in [0.717, 1.165) is 22.2 Å². The fraction of sp³-hybridized carbons (Fsp3) is 0.292. The number of hydrogen-bond acceptors (Lipinski definition) is 5. The van der Waals surface area contributed by atoms with Crippen molar-refractivity contribution in [2.45, 2.75) is 19.4 Å². The normalized spacial score (nSPS) is 15.6. The van der Waals surface area contributed by atoms with Gasteiger partial charge in [-0.1, -0.05) is 12.1 Å². The summed E-state index contributed by atoms with van der Waals surface area (Å²) in [6.07, 6.45) is 0.905. The van der Waals surface area contributed by atoms with Crippen LogP contribution < -0.4 is 9.64 Å². The van der Waals surface area contributed by atoms with Crippen molar-refractivity contribution in [3.63, 3.8) is 0 Å². The van der Waals surface area contributed by atoms with Crippen LogP contribution in [-0.2, 0) is 27.3 Å². The van der Waals surface area contributed by atoms with Crippen LogP contribution in [0.1, 0.15) is 28.0 Å². The third kappa shape index (κ3) is 3.47. The van der Waals surface area contributed by atoms with Crippen molar-refractivity contribution in [2.75, 3.05) is 31.7 Å². The molecule has 0 fully saturated rings. The van der Waals surface area contributed by atoms with Gasteiger partial charge in [-0.2, -0.15) is 0 Å². The third-order valence-corrected chi connectivity index (χ3v) is 6.07. The van der Waals surface area contributed by atoms with Crippen molar-refractivity contribution >= 4 is 34.4 Å². The summed E-state index contributed by atoms with van der Waals surface area (Å²) in [4.78, 5) is 44.6. The average Bonchev–Trinajstić information content (AvgIpc) is 3.11. The molecular weight excluding hydrogens is 410 g/mol. The smallest absolute Gasteiger partial charge is 0.337 e. The monoisotopic (exact) mass is 433 g/mol. The maximum atomic E-state index is 13.2. The molecule has 0 unspecified atom stereocenters. The second kappa shape index (κ2) is 8.03. The molecule has 3 aromatic rings.